The quantitative estimate of drug-likeness (QED) is 0.832. The molecule has 1 amide bonds. The molecule has 1 rings (SSSR count). The van der Waals surface area contributed by atoms with Crippen molar-refractivity contribution >= 4 is 21.8 Å². The second-order valence-electron chi connectivity index (χ2n) is 4.75. The second kappa shape index (κ2) is 7.60. The molecule has 1 aromatic carbocycles. The van der Waals surface area contributed by atoms with E-state index in [0.29, 0.717) is 23.9 Å². The van der Waals surface area contributed by atoms with Crippen molar-refractivity contribution in [1.29, 1.82) is 0 Å². The molecule has 19 heavy (non-hydrogen) atoms. The highest BCUT2D eigenvalue weighted by molar-refractivity contribution is 9.10. The summed E-state index contributed by atoms with van der Waals surface area (Å²) in [6.45, 7) is 4.31. The number of hydrogen-bond donors (Lipinski definition) is 1. The Morgan fingerprint density at radius 1 is 1.47 bits per heavy atom. The fourth-order valence-electron chi connectivity index (χ4n) is 1.63. The van der Waals surface area contributed by atoms with Gasteiger partial charge < -0.3 is 10.5 Å². The number of nitrogens with two attached hydrogens (primary N) is 1. The van der Waals surface area contributed by atoms with E-state index in [0.717, 1.165) is 5.56 Å². The number of ether oxygens (including phenoxy) is 1. The third kappa shape index (κ3) is 5.70. The number of halogens is 2. The molecule has 0 aliphatic carbocycles. The molecule has 0 radical (unpaired) electrons. The highest BCUT2D eigenvalue weighted by Crippen LogP contribution is 2.19. The zero-order valence-electron chi connectivity index (χ0n) is 11.2. The molecule has 0 heterocycles. The first-order valence-electron chi connectivity index (χ1n) is 6.24. The van der Waals surface area contributed by atoms with Crippen LogP contribution in [0.2, 0.25) is 0 Å². The Balaban J connectivity index is 2.42. The molecule has 0 aliphatic rings. The molecule has 0 saturated heterocycles. The maximum absolute atomic E-state index is 13.3. The van der Waals surface area contributed by atoms with Gasteiger partial charge in [0.15, 0.2) is 0 Å². The summed E-state index contributed by atoms with van der Waals surface area (Å²) in [6.07, 6.45) is 1.05. The minimum absolute atomic E-state index is 0.00828. The summed E-state index contributed by atoms with van der Waals surface area (Å²) in [4.78, 5) is 10.7. The molecule has 0 bridgehead atoms. The Kier molecular flexibility index (Phi) is 6.45. The van der Waals surface area contributed by atoms with Crippen LogP contribution in [0.4, 0.5) is 4.39 Å². The van der Waals surface area contributed by atoms with Crippen LogP contribution < -0.4 is 5.73 Å². The standard InChI is InChI=1S/C14H19BrFNO2/c1-9(3-6-14(17)18)10(2)19-8-11-4-5-12(15)13(16)7-11/h4-5,7,9-10H,3,6,8H2,1-2H3,(H2,17,18)/t9-,10+/m0/s1. The fraction of sp³-hybridized carbons (Fsp3) is 0.500. The Labute approximate surface area is 121 Å². The van der Waals surface area contributed by atoms with Gasteiger partial charge >= 0.3 is 0 Å². The maximum Gasteiger partial charge on any atom is 0.217 e. The van der Waals surface area contributed by atoms with Crippen LogP contribution in [0.5, 0.6) is 0 Å². The van der Waals surface area contributed by atoms with E-state index < -0.39 is 0 Å². The van der Waals surface area contributed by atoms with Crippen molar-refractivity contribution < 1.29 is 13.9 Å². The van der Waals surface area contributed by atoms with Crippen molar-refractivity contribution in [1.82, 2.24) is 0 Å². The first-order valence-corrected chi connectivity index (χ1v) is 7.03. The van der Waals surface area contributed by atoms with Gasteiger partial charge in [-0.2, -0.15) is 0 Å². The number of amides is 1. The van der Waals surface area contributed by atoms with Crippen LogP contribution in [0.1, 0.15) is 32.3 Å². The average molecular weight is 332 g/mol. The van der Waals surface area contributed by atoms with Crippen LogP contribution in [-0.4, -0.2) is 12.0 Å². The number of carbonyl (C=O) groups excluding carboxylic acids is 1. The Hall–Kier alpha value is -0.940. The normalized spacial score (nSPS) is 14.1. The third-order valence-electron chi connectivity index (χ3n) is 3.14. The molecule has 0 saturated carbocycles. The maximum atomic E-state index is 13.3. The van der Waals surface area contributed by atoms with Crippen molar-refractivity contribution in [3.8, 4) is 0 Å². The van der Waals surface area contributed by atoms with Gasteiger partial charge in [-0.05, 0) is 52.9 Å². The highest BCUT2D eigenvalue weighted by Gasteiger charge is 2.14. The lowest BCUT2D eigenvalue weighted by Crippen LogP contribution is -2.20. The van der Waals surface area contributed by atoms with E-state index in [9.17, 15) is 9.18 Å². The zero-order chi connectivity index (χ0) is 14.4. The zero-order valence-corrected chi connectivity index (χ0v) is 12.7. The molecular formula is C14H19BrFNO2. The molecule has 2 N–H and O–H groups in total. The molecule has 106 valence electrons. The third-order valence-corrected chi connectivity index (χ3v) is 3.79. The molecule has 1 aromatic rings. The smallest absolute Gasteiger partial charge is 0.217 e. The number of hydrogen-bond acceptors (Lipinski definition) is 2. The van der Waals surface area contributed by atoms with Gasteiger partial charge in [0, 0.05) is 6.42 Å². The van der Waals surface area contributed by atoms with Crippen LogP contribution in [0.15, 0.2) is 22.7 Å². The molecule has 0 spiro atoms. The second-order valence-corrected chi connectivity index (χ2v) is 5.60. The summed E-state index contributed by atoms with van der Waals surface area (Å²) in [6, 6.07) is 4.92. The largest absolute Gasteiger partial charge is 0.374 e. The van der Waals surface area contributed by atoms with E-state index in [1.807, 2.05) is 19.9 Å². The van der Waals surface area contributed by atoms with Crippen LogP contribution in [0, 0.1) is 11.7 Å². The van der Waals surface area contributed by atoms with E-state index in [4.69, 9.17) is 10.5 Å². The molecule has 3 nitrogen and oxygen atoms in total. The molecule has 0 fully saturated rings. The van der Waals surface area contributed by atoms with E-state index in [-0.39, 0.29) is 23.7 Å². The predicted molar refractivity (Wildman–Crippen MR) is 75.9 cm³/mol. The number of rotatable bonds is 7. The summed E-state index contributed by atoms with van der Waals surface area (Å²) in [5.41, 5.74) is 5.90. The van der Waals surface area contributed by atoms with Crippen LogP contribution in [-0.2, 0) is 16.1 Å². The first kappa shape index (κ1) is 16.1. The number of benzene rings is 1. The van der Waals surface area contributed by atoms with E-state index in [1.54, 1.807) is 6.07 Å². The van der Waals surface area contributed by atoms with Gasteiger partial charge in [-0.25, -0.2) is 4.39 Å². The average Bonchev–Trinajstić information content (AvgIpc) is 2.36. The SMILES string of the molecule is C[C@@H](CCC(N)=O)[C@@H](C)OCc1ccc(Br)c(F)c1. The molecule has 0 aliphatic heterocycles. The lowest BCUT2D eigenvalue weighted by atomic mass is 10.00. The molecule has 2 atom stereocenters. The monoisotopic (exact) mass is 331 g/mol. The molecule has 0 aromatic heterocycles. The lowest BCUT2D eigenvalue weighted by Gasteiger charge is -2.20. The van der Waals surface area contributed by atoms with E-state index in [1.165, 1.54) is 6.07 Å². The number of primary amides is 1. The minimum Gasteiger partial charge on any atom is -0.374 e. The highest BCUT2D eigenvalue weighted by atomic mass is 79.9. The lowest BCUT2D eigenvalue weighted by molar-refractivity contribution is -0.118. The fourth-order valence-corrected chi connectivity index (χ4v) is 1.87. The van der Waals surface area contributed by atoms with E-state index in [2.05, 4.69) is 15.9 Å². The Morgan fingerprint density at radius 2 is 2.16 bits per heavy atom. The van der Waals surface area contributed by atoms with Gasteiger partial charge in [0.2, 0.25) is 5.91 Å². The first-order chi connectivity index (χ1) is 8.90. The predicted octanol–water partition coefficient (Wildman–Crippen LogP) is 3.39. The van der Waals surface area contributed by atoms with Gasteiger partial charge in [-0.1, -0.05) is 13.0 Å². The van der Waals surface area contributed by atoms with Crippen LogP contribution in [0.25, 0.3) is 0 Å². The van der Waals surface area contributed by atoms with Crippen LogP contribution in [0.3, 0.4) is 0 Å². The van der Waals surface area contributed by atoms with E-state index >= 15 is 0 Å². The molecule has 0 unspecified atom stereocenters. The van der Waals surface area contributed by atoms with Crippen molar-refractivity contribution in [2.75, 3.05) is 0 Å². The summed E-state index contributed by atoms with van der Waals surface area (Å²) in [5, 5.41) is 0. The Morgan fingerprint density at radius 3 is 2.74 bits per heavy atom. The summed E-state index contributed by atoms with van der Waals surface area (Å²) in [7, 11) is 0. The molecule has 5 heteroatoms. The van der Waals surface area contributed by atoms with Crippen LogP contribution >= 0.6 is 15.9 Å². The Bertz CT molecular complexity index is 439. The number of carbonyl (C=O) groups is 1. The summed E-state index contributed by atoms with van der Waals surface area (Å²) in [5.74, 6) is -0.364. The summed E-state index contributed by atoms with van der Waals surface area (Å²) < 4.78 is 19.4. The van der Waals surface area contributed by atoms with Crippen molar-refractivity contribution in [3.05, 3.63) is 34.1 Å². The minimum atomic E-state index is -0.297. The van der Waals surface area contributed by atoms with Gasteiger partial charge in [0.1, 0.15) is 5.82 Å². The van der Waals surface area contributed by atoms with Crippen molar-refractivity contribution in [2.45, 2.75) is 39.4 Å². The summed E-state index contributed by atoms with van der Waals surface area (Å²) >= 11 is 3.11. The topological polar surface area (TPSA) is 52.3 Å². The molecular weight excluding hydrogens is 313 g/mol. The van der Waals surface area contributed by atoms with Crippen molar-refractivity contribution in [3.63, 3.8) is 0 Å². The van der Waals surface area contributed by atoms with Gasteiger partial charge in [-0.3, -0.25) is 4.79 Å². The van der Waals surface area contributed by atoms with Gasteiger partial charge in [0.05, 0.1) is 17.2 Å². The van der Waals surface area contributed by atoms with Gasteiger partial charge in [-0.15, -0.1) is 0 Å². The van der Waals surface area contributed by atoms with Gasteiger partial charge in [0.25, 0.3) is 0 Å². The van der Waals surface area contributed by atoms with Crippen molar-refractivity contribution in [2.24, 2.45) is 11.7 Å².